The predicted molar refractivity (Wildman–Crippen MR) is 165 cm³/mol. The lowest BCUT2D eigenvalue weighted by Gasteiger charge is -2.15. The number of aliphatic carboxylic acids is 1. The minimum absolute atomic E-state index is 0.0580. The summed E-state index contributed by atoms with van der Waals surface area (Å²) in [6, 6.07) is 0.677. The number of carbonyl (C=O) groups excluding carboxylic acids is 2. The van der Waals surface area contributed by atoms with Crippen LogP contribution < -0.4 is 10.6 Å². The van der Waals surface area contributed by atoms with Gasteiger partial charge in [0.15, 0.2) is 17.2 Å². The molecule has 9 nitrogen and oxygen atoms in total. The first-order chi connectivity index (χ1) is 20.3. The Morgan fingerprint density at radius 2 is 1.29 bits per heavy atom. The summed E-state index contributed by atoms with van der Waals surface area (Å²) >= 11 is 0. The second-order valence-electron chi connectivity index (χ2n) is 9.67. The normalized spacial score (nSPS) is 12.7. The average molecular weight is 583 g/mol. The fraction of sp³-hybridized carbons (Fsp3) is 0.424. The molecule has 0 aliphatic rings. The van der Waals surface area contributed by atoms with Gasteiger partial charge in [0.25, 0.3) is 5.91 Å². The number of aromatic hydroxyl groups is 3. The Bertz CT molecular complexity index is 1100. The highest BCUT2D eigenvalue weighted by molar-refractivity contribution is 5.97. The maximum absolute atomic E-state index is 12.3. The third-order valence-corrected chi connectivity index (χ3v) is 6.11. The van der Waals surface area contributed by atoms with E-state index in [4.69, 9.17) is 0 Å². The standard InChI is InChI=1S/C33H46N2O7/c1-2-3-4-5-6-7-8-9-10-11-12-13-14-15-16-17-18-22-30(38)34-23-20-19-21-27(33(41)42)35-32(40)26-24-28(36)31(39)29(37)25-26/h3-4,6-7,9-10,12-13,15-16,24-25,27,36-37,39H,2,5,8,11,14,17-23H2,1H3,(H,34,38)(H,35,40)(H,41,42). The van der Waals surface area contributed by atoms with Gasteiger partial charge in [0.05, 0.1) is 0 Å². The molecule has 0 saturated heterocycles. The van der Waals surface area contributed by atoms with Crippen LogP contribution in [0.4, 0.5) is 0 Å². The van der Waals surface area contributed by atoms with Crippen molar-refractivity contribution >= 4 is 17.8 Å². The van der Waals surface area contributed by atoms with Crippen molar-refractivity contribution < 1.29 is 34.8 Å². The molecule has 0 radical (unpaired) electrons. The lowest BCUT2D eigenvalue weighted by molar-refractivity contribution is -0.139. The highest BCUT2D eigenvalue weighted by Gasteiger charge is 2.22. The summed E-state index contributed by atoms with van der Waals surface area (Å²) in [7, 11) is 0. The number of amides is 2. The number of carboxylic acid groups (broad SMARTS) is 1. The molecule has 9 heteroatoms. The van der Waals surface area contributed by atoms with E-state index in [0.717, 1.165) is 57.1 Å². The van der Waals surface area contributed by atoms with Crippen molar-refractivity contribution in [2.24, 2.45) is 0 Å². The number of unbranched alkanes of at least 4 members (excludes halogenated alkanes) is 2. The fourth-order valence-electron chi connectivity index (χ4n) is 3.77. The molecule has 42 heavy (non-hydrogen) atoms. The van der Waals surface area contributed by atoms with Gasteiger partial charge in [0.2, 0.25) is 5.91 Å². The summed E-state index contributed by atoms with van der Waals surface area (Å²) in [4.78, 5) is 35.8. The summed E-state index contributed by atoms with van der Waals surface area (Å²) in [6.45, 7) is 2.53. The molecule has 1 aromatic rings. The molecule has 6 N–H and O–H groups in total. The zero-order valence-corrected chi connectivity index (χ0v) is 24.5. The van der Waals surface area contributed by atoms with Crippen molar-refractivity contribution in [1.82, 2.24) is 10.6 Å². The van der Waals surface area contributed by atoms with E-state index >= 15 is 0 Å². The van der Waals surface area contributed by atoms with E-state index in [1.807, 2.05) is 0 Å². The summed E-state index contributed by atoms with van der Waals surface area (Å²) in [5.41, 5.74) is -0.189. The Labute approximate surface area is 249 Å². The third-order valence-electron chi connectivity index (χ3n) is 6.11. The number of hydrogen-bond donors (Lipinski definition) is 6. The second kappa shape index (κ2) is 22.4. The molecule has 230 valence electrons. The van der Waals surface area contributed by atoms with Crippen LogP contribution in [0.3, 0.4) is 0 Å². The van der Waals surface area contributed by atoms with Gasteiger partial charge < -0.3 is 31.1 Å². The number of nitrogens with one attached hydrogen (secondary N) is 2. The molecule has 0 saturated carbocycles. The van der Waals surface area contributed by atoms with Gasteiger partial charge in [0, 0.05) is 18.5 Å². The molecular weight excluding hydrogens is 536 g/mol. The van der Waals surface area contributed by atoms with Crippen LogP contribution in [0.2, 0.25) is 0 Å². The van der Waals surface area contributed by atoms with E-state index < -0.39 is 35.2 Å². The highest BCUT2D eigenvalue weighted by Crippen LogP contribution is 2.35. The van der Waals surface area contributed by atoms with Gasteiger partial charge >= 0.3 is 5.97 Å². The molecule has 0 aliphatic heterocycles. The molecule has 0 bridgehead atoms. The molecule has 0 heterocycles. The van der Waals surface area contributed by atoms with Crippen molar-refractivity contribution in [2.45, 2.75) is 83.6 Å². The molecule has 1 atom stereocenters. The van der Waals surface area contributed by atoms with Crippen molar-refractivity contribution in [3.05, 3.63) is 78.5 Å². The van der Waals surface area contributed by atoms with E-state index in [2.05, 4.69) is 78.3 Å². The van der Waals surface area contributed by atoms with Crippen LogP contribution >= 0.6 is 0 Å². The maximum atomic E-state index is 12.3. The van der Waals surface area contributed by atoms with Crippen LogP contribution in [0.15, 0.2) is 72.9 Å². The Morgan fingerprint density at radius 1 is 0.762 bits per heavy atom. The number of phenolic OH excluding ortho intramolecular Hbond substituents is 3. The van der Waals surface area contributed by atoms with E-state index in [9.17, 15) is 34.8 Å². The monoisotopic (exact) mass is 582 g/mol. The maximum Gasteiger partial charge on any atom is 0.326 e. The highest BCUT2D eigenvalue weighted by atomic mass is 16.4. The molecule has 1 aromatic carbocycles. The SMILES string of the molecule is CCC=CCC=CCC=CCC=CCC=CCCCC(=O)NCCCCC(NC(=O)c1cc(O)c(O)c(O)c1)C(=O)O. The van der Waals surface area contributed by atoms with Gasteiger partial charge in [-0.2, -0.15) is 0 Å². The van der Waals surface area contributed by atoms with E-state index in [1.54, 1.807) is 0 Å². The lowest BCUT2D eigenvalue weighted by atomic mass is 10.1. The number of rotatable bonds is 21. The number of allylic oxidation sites excluding steroid dienone is 10. The average Bonchev–Trinajstić information content (AvgIpc) is 2.96. The number of carboxylic acids is 1. The summed E-state index contributed by atoms with van der Waals surface area (Å²) in [6.07, 6.45) is 29.4. The van der Waals surface area contributed by atoms with Gasteiger partial charge in [-0.3, -0.25) is 9.59 Å². The zero-order valence-electron chi connectivity index (χ0n) is 24.5. The van der Waals surface area contributed by atoms with Crippen molar-refractivity contribution in [3.63, 3.8) is 0 Å². The van der Waals surface area contributed by atoms with E-state index in [0.29, 0.717) is 25.8 Å². The third kappa shape index (κ3) is 16.7. The lowest BCUT2D eigenvalue weighted by Crippen LogP contribution is -2.40. The van der Waals surface area contributed by atoms with E-state index in [-0.39, 0.29) is 17.9 Å². The Balaban J connectivity index is 2.13. The molecule has 0 fully saturated rings. The van der Waals surface area contributed by atoms with E-state index in [1.165, 1.54) is 0 Å². The smallest absolute Gasteiger partial charge is 0.326 e. The van der Waals surface area contributed by atoms with Crippen LogP contribution in [0.25, 0.3) is 0 Å². The van der Waals surface area contributed by atoms with Crippen molar-refractivity contribution in [2.75, 3.05) is 6.54 Å². The van der Waals surface area contributed by atoms with Gasteiger partial charge in [-0.25, -0.2) is 4.79 Å². The van der Waals surface area contributed by atoms with Gasteiger partial charge in [0.1, 0.15) is 6.04 Å². The molecular formula is C33H46N2O7. The summed E-state index contributed by atoms with van der Waals surface area (Å²) in [5, 5.41) is 43.0. The first-order valence-electron chi connectivity index (χ1n) is 14.6. The van der Waals surface area contributed by atoms with Gasteiger partial charge in [-0.1, -0.05) is 67.7 Å². The molecule has 0 aromatic heterocycles. The molecule has 0 spiro atoms. The number of phenols is 3. The van der Waals surface area contributed by atoms with Crippen LogP contribution in [0, 0.1) is 0 Å². The first-order valence-corrected chi connectivity index (χ1v) is 14.6. The van der Waals surface area contributed by atoms with Crippen LogP contribution in [-0.2, 0) is 9.59 Å². The molecule has 1 rings (SSSR count). The first kappa shape index (κ1) is 35.8. The van der Waals surface area contributed by atoms with Crippen molar-refractivity contribution in [3.8, 4) is 17.2 Å². The molecule has 1 unspecified atom stereocenters. The minimum atomic E-state index is -1.23. The summed E-state index contributed by atoms with van der Waals surface area (Å²) < 4.78 is 0. The largest absolute Gasteiger partial charge is 0.504 e. The number of benzene rings is 1. The predicted octanol–water partition coefficient (Wildman–Crippen LogP) is 6.19. The van der Waals surface area contributed by atoms with Crippen LogP contribution in [0.5, 0.6) is 17.2 Å². The Kier molecular flexibility index (Phi) is 19.1. The second-order valence-corrected chi connectivity index (χ2v) is 9.67. The Hall–Kier alpha value is -4.27. The quantitative estimate of drug-likeness (QED) is 0.0573. The number of hydrogen-bond acceptors (Lipinski definition) is 6. The topological polar surface area (TPSA) is 156 Å². The molecule has 0 aliphatic carbocycles. The van der Waals surface area contributed by atoms with Crippen molar-refractivity contribution in [1.29, 1.82) is 0 Å². The fourth-order valence-corrected chi connectivity index (χ4v) is 3.77. The van der Waals surface area contributed by atoms with Gasteiger partial charge in [-0.15, -0.1) is 0 Å². The van der Waals surface area contributed by atoms with Crippen LogP contribution in [-0.4, -0.2) is 50.8 Å². The molecule has 2 amide bonds. The van der Waals surface area contributed by atoms with Crippen LogP contribution in [0.1, 0.15) is 87.9 Å². The summed E-state index contributed by atoms with van der Waals surface area (Å²) in [5.74, 6) is -4.25. The minimum Gasteiger partial charge on any atom is -0.504 e. The Morgan fingerprint density at radius 3 is 1.81 bits per heavy atom. The van der Waals surface area contributed by atoms with Gasteiger partial charge in [-0.05, 0) is 76.3 Å². The number of carbonyl (C=O) groups is 3. The zero-order chi connectivity index (χ0) is 31.0.